The predicted octanol–water partition coefficient (Wildman–Crippen LogP) is 5.07. The van der Waals surface area contributed by atoms with Crippen molar-refractivity contribution >= 4 is 50.3 Å². The maximum atomic E-state index is 12.5. The number of ether oxygens (including phenoxy) is 1. The molecule has 1 aromatic heterocycles. The van der Waals surface area contributed by atoms with Crippen LogP contribution in [0.15, 0.2) is 75.6 Å². The number of benzene rings is 3. The highest BCUT2D eigenvalue weighted by Crippen LogP contribution is 2.24. The van der Waals surface area contributed by atoms with Gasteiger partial charge in [0.05, 0.1) is 12.7 Å². The van der Waals surface area contributed by atoms with Gasteiger partial charge in [0, 0.05) is 16.6 Å². The zero-order chi connectivity index (χ0) is 21.8. The topological polar surface area (TPSA) is 76.4 Å². The Morgan fingerprint density at radius 1 is 1.13 bits per heavy atom. The molecular weight excluding hydrogens is 478 g/mol. The zero-order valence-electron chi connectivity index (χ0n) is 16.5. The molecule has 0 radical (unpaired) electrons. The molecule has 0 aliphatic rings. The highest BCUT2D eigenvalue weighted by atomic mass is 79.9. The molecule has 0 bridgehead atoms. The van der Waals surface area contributed by atoms with Gasteiger partial charge in [0.25, 0.3) is 5.91 Å². The number of aromatic nitrogens is 1. The number of methoxy groups -OCH3 is 1. The van der Waals surface area contributed by atoms with Gasteiger partial charge in [-0.05, 0) is 60.2 Å². The van der Waals surface area contributed by atoms with Gasteiger partial charge in [-0.2, -0.15) is 0 Å². The van der Waals surface area contributed by atoms with E-state index in [9.17, 15) is 4.79 Å². The van der Waals surface area contributed by atoms with Gasteiger partial charge in [-0.25, -0.2) is 4.98 Å². The Morgan fingerprint density at radius 2 is 1.90 bits per heavy atom. The van der Waals surface area contributed by atoms with E-state index in [4.69, 9.17) is 21.4 Å². The van der Waals surface area contributed by atoms with Gasteiger partial charge >= 0.3 is 0 Å². The Labute approximate surface area is 192 Å². The Bertz CT molecular complexity index is 1220. The number of carbonyl (C=O) groups is 1. The van der Waals surface area contributed by atoms with Crippen LogP contribution in [0, 0.1) is 0 Å². The smallest absolute Gasteiger partial charge is 0.261 e. The molecule has 4 rings (SSSR count). The Balaban J connectivity index is 1.36. The number of rotatable bonds is 5. The van der Waals surface area contributed by atoms with Crippen LogP contribution in [0.25, 0.3) is 22.6 Å². The van der Waals surface area contributed by atoms with Crippen molar-refractivity contribution in [3.05, 3.63) is 82.3 Å². The minimum atomic E-state index is -0.345. The van der Waals surface area contributed by atoms with Gasteiger partial charge in [0.15, 0.2) is 10.7 Å². The molecule has 2 N–H and O–H groups in total. The van der Waals surface area contributed by atoms with Gasteiger partial charge in [0.2, 0.25) is 5.89 Å². The quantitative estimate of drug-likeness (QED) is 0.376. The molecule has 31 heavy (non-hydrogen) atoms. The first-order chi connectivity index (χ1) is 15.0. The Morgan fingerprint density at radius 3 is 2.65 bits per heavy atom. The van der Waals surface area contributed by atoms with Crippen LogP contribution < -0.4 is 15.4 Å². The molecule has 0 aliphatic heterocycles. The van der Waals surface area contributed by atoms with Crippen molar-refractivity contribution in [2.24, 2.45) is 0 Å². The van der Waals surface area contributed by atoms with E-state index in [1.807, 2.05) is 48.5 Å². The second-order valence-corrected chi connectivity index (χ2v) is 7.99. The lowest BCUT2D eigenvalue weighted by Gasteiger charge is -2.12. The summed E-state index contributed by atoms with van der Waals surface area (Å²) in [5, 5.41) is 5.95. The number of nitrogens with zero attached hydrogens (tertiary/aromatic N) is 1. The van der Waals surface area contributed by atoms with Crippen molar-refractivity contribution in [2.45, 2.75) is 6.54 Å². The number of para-hydroxylation sites is 2. The Hall–Kier alpha value is -3.23. The summed E-state index contributed by atoms with van der Waals surface area (Å²) in [6.45, 7) is 0.461. The maximum absolute atomic E-state index is 12.5. The number of fused-ring (bicyclic) bond motifs is 1. The first kappa shape index (κ1) is 21.0. The molecule has 0 unspecified atom stereocenters. The van der Waals surface area contributed by atoms with Crippen molar-refractivity contribution in [3.63, 3.8) is 0 Å². The first-order valence-electron chi connectivity index (χ1n) is 9.41. The number of oxazole rings is 1. The van der Waals surface area contributed by atoms with E-state index >= 15 is 0 Å². The minimum absolute atomic E-state index is 0.232. The number of hydrogen-bond donors (Lipinski definition) is 2. The van der Waals surface area contributed by atoms with Crippen LogP contribution in [0.1, 0.15) is 15.9 Å². The summed E-state index contributed by atoms with van der Waals surface area (Å²) in [6.07, 6.45) is 0. The molecule has 1 heterocycles. The third-order valence-corrected chi connectivity index (χ3v) is 5.32. The van der Waals surface area contributed by atoms with E-state index < -0.39 is 0 Å². The molecule has 0 aliphatic carbocycles. The van der Waals surface area contributed by atoms with E-state index in [2.05, 4.69) is 31.5 Å². The number of halogens is 1. The summed E-state index contributed by atoms with van der Waals surface area (Å²) >= 11 is 8.62. The molecule has 3 aromatic carbocycles. The maximum Gasteiger partial charge on any atom is 0.261 e. The monoisotopic (exact) mass is 495 g/mol. The average molecular weight is 496 g/mol. The zero-order valence-corrected chi connectivity index (χ0v) is 18.9. The molecule has 8 heteroatoms. The van der Waals surface area contributed by atoms with Crippen molar-refractivity contribution < 1.29 is 13.9 Å². The summed E-state index contributed by atoms with van der Waals surface area (Å²) in [5.41, 5.74) is 3.86. The average Bonchev–Trinajstić information content (AvgIpc) is 3.22. The first-order valence-corrected chi connectivity index (χ1v) is 10.6. The fourth-order valence-corrected chi connectivity index (χ4v) is 3.54. The summed E-state index contributed by atoms with van der Waals surface area (Å²) in [4.78, 5) is 17.0. The van der Waals surface area contributed by atoms with Crippen LogP contribution in [0.2, 0.25) is 0 Å². The summed E-state index contributed by atoms with van der Waals surface area (Å²) < 4.78 is 11.8. The third-order valence-electron chi connectivity index (χ3n) is 4.58. The highest BCUT2D eigenvalue weighted by molar-refractivity contribution is 9.10. The number of hydrogen-bond acceptors (Lipinski definition) is 5. The lowest BCUT2D eigenvalue weighted by atomic mass is 10.1. The van der Waals surface area contributed by atoms with Crippen LogP contribution in [0.5, 0.6) is 5.75 Å². The van der Waals surface area contributed by atoms with Gasteiger partial charge in [-0.3, -0.25) is 10.1 Å². The van der Waals surface area contributed by atoms with Crippen LogP contribution in [0.3, 0.4) is 0 Å². The summed E-state index contributed by atoms with van der Waals surface area (Å²) in [7, 11) is 1.51. The van der Waals surface area contributed by atoms with Crippen LogP contribution in [-0.2, 0) is 6.54 Å². The largest absolute Gasteiger partial charge is 0.496 e. The number of thiocarbonyl (C=S) groups is 1. The fourth-order valence-electron chi connectivity index (χ4n) is 3.02. The fraction of sp³-hybridized carbons (Fsp3) is 0.0870. The van der Waals surface area contributed by atoms with E-state index in [1.54, 1.807) is 18.2 Å². The number of carbonyl (C=O) groups excluding carboxylic acids is 1. The van der Waals surface area contributed by atoms with Crippen LogP contribution in [-0.4, -0.2) is 23.1 Å². The molecule has 0 fully saturated rings. The molecule has 0 spiro atoms. The molecule has 0 atom stereocenters. The summed E-state index contributed by atoms with van der Waals surface area (Å²) in [6, 6.07) is 20.6. The van der Waals surface area contributed by atoms with Crippen molar-refractivity contribution in [2.75, 3.05) is 7.11 Å². The third kappa shape index (κ3) is 4.92. The van der Waals surface area contributed by atoms with Crippen LogP contribution >= 0.6 is 28.1 Å². The minimum Gasteiger partial charge on any atom is -0.496 e. The normalized spacial score (nSPS) is 10.6. The summed E-state index contributed by atoms with van der Waals surface area (Å²) in [5.74, 6) is 0.701. The second-order valence-electron chi connectivity index (χ2n) is 6.67. The van der Waals surface area contributed by atoms with Crippen molar-refractivity contribution in [1.29, 1.82) is 0 Å². The molecule has 0 saturated carbocycles. The van der Waals surface area contributed by atoms with Gasteiger partial charge < -0.3 is 14.5 Å². The lowest BCUT2D eigenvalue weighted by molar-refractivity contribution is 0.0973. The molecule has 156 valence electrons. The standard InChI is InChI=1S/C23H18BrN3O3S/c1-29-19-11-10-16(24)12-17(19)21(28)27-23(31)25-13-14-6-8-15(9-7-14)22-26-18-4-2-3-5-20(18)30-22/h2-12H,13H2,1H3,(H2,25,27,28,31). The molecule has 0 saturated heterocycles. The van der Waals surface area contributed by atoms with Crippen LogP contribution in [0.4, 0.5) is 0 Å². The lowest BCUT2D eigenvalue weighted by Crippen LogP contribution is -2.39. The molecule has 4 aromatic rings. The van der Waals surface area contributed by atoms with E-state index in [0.717, 1.165) is 26.7 Å². The van der Waals surface area contributed by atoms with E-state index in [-0.39, 0.29) is 11.0 Å². The number of nitrogens with one attached hydrogen (secondary N) is 2. The Kier molecular flexibility index (Phi) is 6.29. The second kappa shape index (κ2) is 9.28. The molecule has 6 nitrogen and oxygen atoms in total. The van der Waals surface area contributed by atoms with Crippen molar-refractivity contribution in [1.82, 2.24) is 15.6 Å². The molecular formula is C23H18BrN3O3S. The molecule has 1 amide bonds. The van der Waals surface area contributed by atoms with Gasteiger partial charge in [-0.1, -0.05) is 40.2 Å². The number of amides is 1. The van der Waals surface area contributed by atoms with E-state index in [1.165, 1.54) is 7.11 Å². The van der Waals surface area contributed by atoms with Gasteiger partial charge in [0.1, 0.15) is 11.3 Å². The SMILES string of the molecule is COc1ccc(Br)cc1C(=O)NC(=S)NCc1ccc(-c2nc3ccccc3o2)cc1. The van der Waals surface area contributed by atoms with E-state index in [0.29, 0.717) is 23.7 Å². The van der Waals surface area contributed by atoms with Gasteiger partial charge in [-0.15, -0.1) is 0 Å². The predicted molar refractivity (Wildman–Crippen MR) is 127 cm³/mol. The van der Waals surface area contributed by atoms with Crippen molar-refractivity contribution in [3.8, 4) is 17.2 Å². The highest BCUT2D eigenvalue weighted by Gasteiger charge is 2.14.